The Kier molecular flexibility index (Phi) is 5.15. The summed E-state index contributed by atoms with van der Waals surface area (Å²) in [6.45, 7) is 1.63. The molecule has 3 N–H and O–H groups in total. The highest BCUT2D eigenvalue weighted by atomic mass is 79.9. The average molecular weight is 327 g/mol. The van der Waals surface area contributed by atoms with Crippen molar-refractivity contribution < 1.29 is 4.79 Å². The van der Waals surface area contributed by atoms with E-state index in [2.05, 4.69) is 26.3 Å². The van der Waals surface area contributed by atoms with Crippen LogP contribution in [0.25, 0.3) is 0 Å². The van der Waals surface area contributed by atoms with E-state index in [1.54, 1.807) is 12.3 Å². The first-order valence-electron chi connectivity index (χ1n) is 6.64. The summed E-state index contributed by atoms with van der Waals surface area (Å²) in [6, 6.07) is 1.77. The van der Waals surface area contributed by atoms with E-state index in [0.717, 1.165) is 30.4 Å². The molecule has 1 aromatic heterocycles. The number of hydrogen-bond acceptors (Lipinski definition) is 4. The van der Waals surface area contributed by atoms with E-state index >= 15 is 0 Å². The van der Waals surface area contributed by atoms with Crippen molar-refractivity contribution in [3.05, 3.63) is 22.3 Å². The predicted molar refractivity (Wildman–Crippen MR) is 78.7 cm³/mol. The van der Waals surface area contributed by atoms with Crippen LogP contribution in [0.1, 0.15) is 42.5 Å². The van der Waals surface area contributed by atoms with Crippen molar-refractivity contribution in [1.82, 2.24) is 9.88 Å². The van der Waals surface area contributed by atoms with Gasteiger partial charge in [0, 0.05) is 23.8 Å². The molecular formula is C13H19BrN4O. The molecule has 0 atom stereocenters. The second-order valence-corrected chi connectivity index (χ2v) is 5.67. The number of anilines is 1. The largest absolute Gasteiger partial charge is 0.339 e. The van der Waals surface area contributed by atoms with Gasteiger partial charge in [-0.1, -0.05) is 19.3 Å². The van der Waals surface area contributed by atoms with Crippen LogP contribution in [0.4, 0.5) is 5.82 Å². The molecule has 2 rings (SSSR count). The van der Waals surface area contributed by atoms with E-state index in [0.29, 0.717) is 11.4 Å². The van der Waals surface area contributed by atoms with Crippen LogP contribution >= 0.6 is 15.9 Å². The summed E-state index contributed by atoms with van der Waals surface area (Å²) >= 11 is 3.34. The number of rotatable bonds is 2. The molecule has 19 heavy (non-hydrogen) atoms. The van der Waals surface area contributed by atoms with Crippen molar-refractivity contribution in [3.8, 4) is 0 Å². The number of halogens is 1. The van der Waals surface area contributed by atoms with Crippen LogP contribution in [0.3, 0.4) is 0 Å². The van der Waals surface area contributed by atoms with Crippen molar-refractivity contribution >= 4 is 27.7 Å². The molecule has 0 aromatic carbocycles. The molecule has 1 aliphatic heterocycles. The molecule has 1 aromatic rings. The molecule has 0 aliphatic carbocycles. The van der Waals surface area contributed by atoms with Crippen LogP contribution in [0.15, 0.2) is 16.7 Å². The summed E-state index contributed by atoms with van der Waals surface area (Å²) < 4.78 is 0.780. The van der Waals surface area contributed by atoms with Crippen LogP contribution in [-0.2, 0) is 0 Å². The number of nitrogens with zero attached hydrogens (tertiary/aromatic N) is 2. The van der Waals surface area contributed by atoms with E-state index in [4.69, 9.17) is 5.84 Å². The highest BCUT2D eigenvalue weighted by Crippen LogP contribution is 2.20. The Hall–Kier alpha value is -1.14. The Balaban J connectivity index is 2.19. The summed E-state index contributed by atoms with van der Waals surface area (Å²) in [5, 5.41) is 0. The van der Waals surface area contributed by atoms with Gasteiger partial charge in [0.15, 0.2) is 5.82 Å². The fourth-order valence-electron chi connectivity index (χ4n) is 2.34. The number of hydrogen-bond donors (Lipinski definition) is 2. The normalized spacial score (nSPS) is 16.6. The maximum absolute atomic E-state index is 12.6. The second-order valence-electron chi connectivity index (χ2n) is 4.75. The number of nitrogens with one attached hydrogen (secondary N) is 1. The van der Waals surface area contributed by atoms with Crippen LogP contribution in [0.5, 0.6) is 0 Å². The Morgan fingerprint density at radius 3 is 2.53 bits per heavy atom. The zero-order valence-electron chi connectivity index (χ0n) is 10.9. The van der Waals surface area contributed by atoms with Crippen molar-refractivity contribution in [3.63, 3.8) is 0 Å². The molecule has 1 saturated heterocycles. The van der Waals surface area contributed by atoms with E-state index < -0.39 is 0 Å². The first-order chi connectivity index (χ1) is 9.22. The standard InChI is InChI=1S/C13H19BrN4O/c14-10-8-11(12(17-15)16-9-10)13(19)18-6-4-2-1-3-5-7-18/h8-9H,1-7,15H2,(H,16,17). The maximum atomic E-state index is 12.6. The minimum absolute atomic E-state index is 0.00338. The fraction of sp³-hybridized carbons (Fsp3) is 0.538. The number of carbonyl (C=O) groups excluding carboxylic acids is 1. The second kappa shape index (κ2) is 6.86. The van der Waals surface area contributed by atoms with Gasteiger partial charge in [0.2, 0.25) is 0 Å². The summed E-state index contributed by atoms with van der Waals surface area (Å²) in [5.74, 6) is 5.85. The van der Waals surface area contributed by atoms with Crippen molar-refractivity contribution in [1.29, 1.82) is 0 Å². The van der Waals surface area contributed by atoms with Gasteiger partial charge >= 0.3 is 0 Å². The Morgan fingerprint density at radius 1 is 1.26 bits per heavy atom. The lowest BCUT2D eigenvalue weighted by Gasteiger charge is -2.25. The third kappa shape index (κ3) is 3.67. The average Bonchev–Trinajstić information content (AvgIpc) is 2.37. The van der Waals surface area contributed by atoms with Crippen molar-refractivity contribution in [2.75, 3.05) is 18.5 Å². The monoisotopic (exact) mass is 326 g/mol. The Bertz CT molecular complexity index is 444. The van der Waals surface area contributed by atoms with Gasteiger partial charge in [-0.3, -0.25) is 4.79 Å². The highest BCUT2D eigenvalue weighted by molar-refractivity contribution is 9.10. The van der Waals surface area contributed by atoms with Gasteiger partial charge in [0.1, 0.15) is 0 Å². The van der Waals surface area contributed by atoms with Crippen LogP contribution in [0, 0.1) is 0 Å². The summed E-state index contributed by atoms with van der Waals surface area (Å²) in [6.07, 6.45) is 7.43. The summed E-state index contributed by atoms with van der Waals surface area (Å²) in [4.78, 5) is 18.6. The number of nitrogens with two attached hydrogens (primary N) is 1. The molecular weight excluding hydrogens is 308 g/mol. The summed E-state index contributed by atoms with van der Waals surface area (Å²) in [7, 11) is 0. The molecule has 0 saturated carbocycles. The smallest absolute Gasteiger partial charge is 0.257 e. The Labute approximate surface area is 121 Å². The van der Waals surface area contributed by atoms with E-state index in [9.17, 15) is 4.79 Å². The van der Waals surface area contributed by atoms with Gasteiger partial charge in [0.25, 0.3) is 5.91 Å². The van der Waals surface area contributed by atoms with Crippen molar-refractivity contribution in [2.24, 2.45) is 5.84 Å². The van der Waals surface area contributed by atoms with E-state index in [1.807, 2.05) is 4.90 Å². The van der Waals surface area contributed by atoms with Gasteiger partial charge in [-0.15, -0.1) is 0 Å². The third-order valence-corrected chi connectivity index (χ3v) is 3.80. The zero-order valence-corrected chi connectivity index (χ0v) is 12.4. The Morgan fingerprint density at radius 2 is 1.89 bits per heavy atom. The van der Waals surface area contributed by atoms with Gasteiger partial charge < -0.3 is 10.3 Å². The lowest BCUT2D eigenvalue weighted by molar-refractivity contribution is 0.0743. The van der Waals surface area contributed by atoms with Crippen LogP contribution < -0.4 is 11.3 Å². The molecule has 1 amide bonds. The molecule has 0 spiro atoms. The number of aromatic nitrogens is 1. The molecule has 1 aliphatic rings. The quantitative estimate of drug-likeness (QED) is 0.647. The number of nitrogen functional groups attached to an aromatic ring is 1. The lowest BCUT2D eigenvalue weighted by Crippen LogP contribution is -2.34. The van der Waals surface area contributed by atoms with Crippen molar-refractivity contribution in [2.45, 2.75) is 32.1 Å². The molecule has 0 radical (unpaired) electrons. The predicted octanol–water partition coefficient (Wildman–Crippen LogP) is 2.54. The fourth-order valence-corrected chi connectivity index (χ4v) is 2.67. The molecule has 6 heteroatoms. The first-order valence-corrected chi connectivity index (χ1v) is 7.43. The minimum atomic E-state index is 0.00338. The zero-order chi connectivity index (χ0) is 13.7. The minimum Gasteiger partial charge on any atom is -0.339 e. The topological polar surface area (TPSA) is 71.2 Å². The number of likely N-dealkylation sites (tertiary alicyclic amines) is 1. The number of carbonyl (C=O) groups is 1. The lowest BCUT2D eigenvalue weighted by atomic mass is 10.1. The number of pyridine rings is 1. The van der Waals surface area contributed by atoms with Crippen LogP contribution in [0.2, 0.25) is 0 Å². The first kappa shape index (κ1) is 14.3. The maximum Gasteiger partial charge on any atom is 0.257 e. The van der Waals surface area contributed by atoms with Gasteiger partial charge in [0.05, 0.1) is 5.56 Å². The van der Waals surface area contributed by atoms with Gasteiger partial charge in [-0.05, 0) is 34.8 Å². The molecule has 1 fully saturated rings. The highest BCUT2D eigenvalue weighted by Gasteiger charge is 2.20. The molecule has 104 valence electrons. The molecule has 5 nitrogen and oxygen atoms in total. The molecule has 2 heterocycles. The number of amides is 1. The molecule has 0 unspecified atom stereocenters. The number of hydrazine groups is 1. The van der Waals surface area contributed by atoms with Gasteiger partial charge in [-0.25, -0.2) is 10.8 Å². The third-order valence-electron chi connectivity index (χ3n) is 3.36. The van der Waals surface area contributed by atoms with Gasteiger partial charge in [-0.2, -0.15) is 0 Å². The van der Waals surface area contributed by atoms with E-state index in [1.165, 1.54) is 19.3 Å². The molecule has 0 bridgehead atoms. The SMILES string of the molecule is NNc1ncc(Br)cc1C(=O)N1CCCCCCC1. The summed E-state index contributed by atoms with van der Waals surface area (Å²) in [5.41, 5.74) is 3.02. The van der Waals surface area contributed by atoms with E-state index in [-0.39, 0.29) is 5.91 Å². The van der Waals surface area contributed by atoms with Crippen LogP contribution in [-0.4, -0.2) is 28.9 Å².